The lowest BCUT2D eigenvalue weighted by atomic mass is 10.0. The second-order valence-electron chi connectivity index (χ2n) is 4.92. The van der Waals surface area contributed by atoms with Crippen molar-refractivity contribution in [3.63, 3.8) is 0 Å². The Morgan fingerprint density at radius 2 is 1.29 bits per heavy atom. The monoisotopic (exact) mass is 293 g/mol. The zero-order valence-electron chi connectivity index (χ0n) is 11.6. The predicted molar refractivity (Wildman–Crippen MR) is 90.7 cm³/mol. The van der Waals surface area contributed by atoms with Crippen LogP contribution in [-0.4, -0.2) is 0 Å². The van der Waals surface area contributed by atoms with Crippen molar-refractivity contribution in [2.75, 3.05) is 5.32 Å². The van der Waals surface area contributed by atoms with Crippen LogP contribution in [0.1, 0.15) is 5.56 Å². The fourth-order valence-electron chi connectivity index (χ4n) is 2.22. The summed E-state index contributed by atoms with van der Waals surface area (Å²) in [7, 11) is 0. The first-order chi connectivity index (χ1) is 10.3. The average Bonchev–Trinajstić information content (AvgIpc) is 2.56. The Hall–Kier alpha value is -2.25. The lowest BCUT2D eigenvalue weighted by Gasteiger charge is -2.08. The smallest absolute Gasteiger partial charge is 0.0407 e. The maximum Gasteiger partial charge on any atom is 0.0407 e. The molecule has 0 radical (unpaired) electrons. The second kappa shape index (κ2) is 6.47. The van der Waals surface area contributed by atoms with Gasteiger partial charge in [-0.2, -0.15) is 0 Å². The standard InChI is InChI=1S/C19H16ClN/c20-18-10-12-19(13-11-18)21-14-15-6-8-17(9-7-15)16-4-2-1-3-5-16/h1-13,21H,14H2. The van der Waals surface area contributed by atoms with Gasteiger partial charge in [0.1, 0.15) is 0 Å². The maximum absolute atomic E-state index is 5.88. The Morgan fingerprint density at radius 3 is 1.95 bits per heavy atom. The molecule has 104 valence electrons. The first kappa shape index (κ1) is 13.7. The van der Waals surface area contributed by atoms with Crippen molar-refractivity contribution in [3.8, 4) is 11.1 Å². The molecule has 0 aliphatic heterocycles. The zero-order valence-corrected chi connectivity index (χ0v) is 12.3. The summed E-state index contributed by atoms with van der Waals surface area (Å²) in [6, 6.07) is 26.8. The molecule has 2 heteroatoms. The number of halogens is 1. The molecule has 3 aromatic rings. The van der Waals surface area contributed by atoms with Gasteiger partial charge in [-0.15, -0.1) is 0 Å². The minimum absolute atomic E-state index is 0.757. The van der Waals surface area contributed by atoms with Crippen LogP contribution in [0.2, 0.25) is 5.02 Å². The summed E-state index contributed by atoms with van der Waals surface area (Å²) in [6.45, 7) is 0.802. The topological polar surface area (TPSA) is 12.0 Å². The van der Waals surface area contributed by atoms with E-state index >= 15 is 0 Å². The van der Waals surface area contributed by atoms with Crippen LogP contribution < -0.4 is 5.32 Å². The summed E-state index contributed by atoms with van der Waals surface area (Å²) in [5.74, 6) is 0. The summed E-state index contributed by atoms with van der Waals surface area (Å²) < 4.78 is 0. The second-order valence-corrected chi connectivity index (χ2v) is 5.36. The van der Waals surface area contributed by atoms with Crippen LogP contribution in [0.4, 0.5) is 5.69 Å². The zero-order chi connectivity index (χ0) is 14.5. The summed E-state index contributed by atoms with van der Waals surface area (Å²) >= 11 is 5.88. The summed E-state index contributed by atoms with van der Waals surface area (Å²) in [4.78, 5) is 0. The molecule has 0 saturated heterocycles. The van der Waals surface area contributed by atoms with Crippen molar-refractivity contribution >= 4 is 17.3 Å². The molecule has 0 aromatic heterocycles. The molecule has 0 heterocycles. The summed E-state index contributed by atoms with van der Waals surface area (Å²) in [5, 5.41) is 4.15. The molecule has 3 rings (SSSR count). The van der Waals surface area contributed by atoms with Crippen molar-refractivity contribution in [3.05, 3.63) is 89.4 Å². The van der Waals surface area contributed by atoms with E-state index < -0.39 is 0 Å². The Balaban J connectivity index is 1.66. The molecular weight excluding hydrogens is 278 g/mol. The number of benzene rings is 3. The summed E-state index contributed by atoms with van der Waals surface area (Å²) in [5.41, 5.74) is 4.82. The third-order valence-corrected chi connectivity index (χ3v) is 3.65. The SMILES string of the molecule is Clc1ccc(NCc2ccc(-c3ccccc3)cc2)cc1. The quantitative estimate of drug-likeness (QED) is 0.658. The minimum Gasteiger partial charge on any atom is -0.381 e. The van der Waals surface area contributed by atoms with Gasteiger partial charge >= 0.3 is 0 Å². The van der Waals surface area contributed by atoms with Gasteiger partial charge < -0.3 is 5.32 Å². The highest BCUT2D eigenvalue weighted by Gasteiger charge is 1.98. The number of rotatable bonds is 4. The number of anilines is 1. The largest absolute Gasteiger partial charge is 0.381 e. The van der Waals surface area contributed by atoms with Crippen molar-refractivity contribution in [2.24, 2.45) is 0 Å². The highest BCUT2D eigenvalue weighted by atomic mass is 35.5. The van der Waals surface area contributed by atoms with E-state index in [0.29, 0.717) is 0 Å². The van der Waals surface area contributed by atoms with Crippen LogP contribution >= 0.6 is 11.6 Å². The van der Waals surface area contributed by atoms with E-state index in [1.165, 1.54) is 16.7 Å². The van der Waals surface area contributed by atoms with Gasteiger partial charge in [0, 0.05) is 17.3 Å². The van der Waals surface area contributed by atoms with Gasteiger partial charge in [-0.3, -0.25) is 0 Å². The van der Waals surface area contributed by atoms with E-state index in [9.17, 15) is 0 Å². The number of hydrogen-bond acceptors (Lipinski definition) is 1. The first-order valence-electron chi connectivity index (χ1n) is 6.95. The van der Waals surface area contributed by atoms with Crippen LogP contribution in [0.15, 0.2) is 78.9 Å². The molecule has 0 amide bonds. The molecule has 1 nitrogen and oxygen atoms in total. The van der Waals surface area contributed by atoms with Gasteiger partial charge in [0.15, 0.2) is 0 Å². The van der Waals surface area contributed by atoms with Crippen molar-refractivity contribution in [1.29, 1.82) is 0 Å². The van der Waals surface area contributed by atoms with Gasteiger partial charge in [-0.25, -0.2) is 0 Å². The summed E-state index contributed by atoms with van der Waals surface area (Å²) in [6.07, 6.45) is 0. The molecule has 21 heavy (non-hydrogen) atoms. The molecule has 0 aliphatic carbocycles. The van der Waals surface area contributed by atoms with E-state index in [0.717, 1.165) is 17.3 Å². The van der Waals surface area contributed by atoms with Crippen LogP contribution in [0.25, 0.3) is 11.1 Å². The van der Waals surface area contributed by atoms with E-state index in [2.05, 4.69) is 53.8 Å². The molecular formula is C19H16ClN. The number of nitrogens with one attached hydrogen (secondary N) is 1. The molecule has 0 saturated carbocycles. The lowest BCUT2D eigenvalue weighted by molar-refractivity contribution is 1.15. The molecule has 3 aromatic carbocycles. The fourth-order valence-corrected chi connectivity index (χ4v) is 2.34. The van der Waals surface area contributed by atoms with Crippen molar-refractivity contribution < 1.29 is 0 Å². The molecule has 0 unspecified atom stereocenters. The highest BCUT2D eigenvalue weighted by Crippen LogP contribution is 2.20. The highest BCUT2D eigenvalue weighted by molar-refractivity contribution is 6.30. The van der Waals surface area contributed by atoms with Crippen LogP contribution in [0, 0.1) is 0 Å². The number of hydrogen-bond donors (Lipinski definition) is 1. The van der Waals surface area contributed by atoms with Crippen LogP contribution in [0.3, 0.4) is 0 Å². The predicted octanol–water partition coefficient (Wildman–Crippen LogP) is 5.62. The third-order valence-electron chi connectivity index (χ3n) is 3.40. The molecule has 0 atom stereocenters. The fraction of sp³-hybridized carbons (Fsp3) is 0.0526. The molecule has 0 bridgehead atoms. The lowest BCUT2D eigenvalue weighted by Crippen LogP contribution is -1.98. The van der Waals surface area contributed by atoms with E-state index in [1.807, 2.05) is 30.3 Å². The van der Waals surface area contributed by atoms with E-state index in [4.69, 9.17) is 11.6 Å². The van der Waals surface area contributed by atoms with Gasteiger partial charge in [-0.1, -0.05) is 66.2 Å². The third kappa shape index (κ3) is 3.65. The van der Waals surface area contributed by atoms with Crippen molar-refractivity contribution in [1.82, 2.24) is 0 Å². The van der Waals surface area contributed by atoms with Gasteiger partial charge in [0.2, 0.25) is 0 Å². The van der Waals surface area contributed by atoms with Gasteiger partial charge in [0.25, 0.3) is 0 Å². The molecule has 0 aliphatic rings. The maximum atomic E-state index is 5.88. The Morgan fingerprint density at radius 1 is 0.667 bits per heavy atom. The van der Waals surface area contributed by atoms with Crippen molar-refractivity contribution in [2.45, 2.75) is 6.54 Å². The Bertz CT molecular complexity index is 688. The Kier molecular flexibility index (Phi) is 4.23. The molecule has 1 N–H and O–H groups in total. The van der Waals surface area contributed by atoms with E-state index in [1.54, 1.807) is 0 Å². The first-order valence-corrected chi connectivity index (χ1v) is 7.33. The van der Waals surface area contributed by atoms with Gasteiger partial charge in [-0.05, 0) is 41.0 Å². The van der Waals surface area contributed by atoms with Crippen LogP contribution in [-0.2, 0) is 6.54 Å². The normalized spacial score (nSPS) is 10.3. The molecule has 0 spiro atoms. The van der Waals surface area contributed by atoms with Crippen LogP contribution in [0.5, 0.6) is 0 Å². The minimum atomic E-state index is 0.757. The Labute approximate surface area is 130 Å². The average molecular weight is 294 g/mol. The van der Waals surface area contributed by atoms with Gasteiger partial charge in [0.05, 0.1) is 0 Å². The molecule has 0 fully saturated rings. The van der Waals surface area contributed by atoms with E-state index in [-0.39, 0.29) is 0 Å².